The molecule has 0 saturated heterocycles. The van der Waals surface area contributed by atoms with Crippen molar-refractivity contribution in [3.63, 3.8) is 0 Å². The van der Waals surface area contributed by atoms with Gasteiger partial charge >= 0.3 is 11.9 Å². The Balaban J connectivity index is 2.10. The molecule has 1 aromatic carbocycles. The van der Waals surface area contributed by atoms with Gasteiger partial charge in [0.15, 0.2) is 0 Å². The van der Waals surface area contributed by atoms with Crippen LogP contribution in [0.25, 0.3) is 0 Å². The van der Waals surface area contributed by atoms with E-state index in [1.54, 1.807) is 24.3 Å². The Hall–Kier alpha value is -2.04. The van der Waals surface area contributed by atoms with Crippen LogP contribution in [0.15, 0.2) is 24.3 Å². The zero-order valence-corrected chi connectivity index (χ0v) is 12.6. The quantitative estimate of drug-likeness (QED) is 0.517. The van der Waals surface area contributed by atoms with Crippen LogP contribution < -0.4 is 4.74 Å². The zero-order chi connectivity index (χ0) is 15.5. The highest BCUT2D eigenvalue weighted by atomic mass is 16.5. The van der Waals surface area contributed by atoms with Crippen molar-refractivity contribution in [3.05, 3.63) is 29.8 Å². The van der Waals surface area contributed by atoms with E-state index in [1.807, 2.05) is 0 Å². The first-order valence-electron chi connectivity index (χ1n) is 7.08. The Kier molecular flexibility index (Phi) is 7.94. The Morgan fingerprint density at radius 3 is 2.14 bits per heavy atom. The van der Waals surface area contributed by atoms with Crippen molar-refractivity contribution in [1.82, 2.24) is 0 Å². The minimum Gasteiger partial charge on any atom is -0.494 e. The van der Waals surface area contributed by atoms with Crippen molar-refractivity contribution in [2.45, 2.75) is 32.6 Å². The normalized spacial score (nSPS) is 10.0. The number of ether oxygens (including phenoxy) is 3. The summed E-state index contributed by atoms with van der Waals surface area (Å²) < 4.78 is 15.1. The third-order valence-electron chi connectivity index (χ3n) is 2.89. The molecule has 5 heteroatoms. The molecular weight excluding hydrogens is 272 g/mol. The number of hydrogen-bond donors (Lipinski definition) is 0. The van der Waals surface area contributed by atoms with Crippen LogP contribution in [0.3, 0.4) is 0 Å². The first-order chi connectivity index (χ1) is 10.1. The Morgan fingerprint density at radius 1 is 0.952 bits per heavy atom. The molecule has 0 aliphatic carbocycles. The van der Waals surface area contributed by atoms with Gasteiger partial charge in [-0.3, -0.25) is 4.79 Å². The Bertz CT molecular complexity index is 438. The summed E-state index contributed by atoms with van der Waals surface area (Å²) in [6.07, 6.45) is 3.87. The summed E-state index contributed by atoms with van der Waals surface area (Å²) >= 11 is 0. The second kappa shape index (κ2) is 9.80. The summed E-state index contributed by atoms with van der Waals surface area (Å²) in [5.41, 5.74) is 0.510. The molecule has 1 rings (SSSR count). The van der Waals surface area contributed by atoms with Crippen LogP contribution in [0.2, 0.25) is 0 Å². The first kappa shape index (κ1) is 17.0. The first-order valence-corrected chi connectivity index (χ1v) is 7.08. The summed E-state index contributed by atoms with van der Waals surface area (Å²) in [6, 6.07) is 6.88. The number of carbonyl (C=O) groups is 2. The fourth-order valence-electron chi connectivity index (χ4n) is 1.77. The van der Waals surface area contributed by atoms with E-state index in [-0.39, 0.29) is 11.9 Å². The van der Waals surface area contributed by atoms with Crippen molar-refractivity contribution < 1.29 is 23.8 Å². The van der Waals surface area contributed by atoms with E-state index in [2.05, 4.69) is 4.74 Å². The van der Waals surface area contributed by atoms with Crippen LogP contribution in [0.5, 0.6) is 5.75 Å². The highest BCUT2D eigenvalue weighted by molar-refractivity contribution is 5.89. The van der Waals surface area contributed by atoms with Gasteiger partial charge in [-0.1, -0.05) is 0 Å². The molecular formula is C16H22O5. The van der Waals surface area contributed by atoms with Crippen LogP contribution >= 0.6 is 0 Å². The highest BCUT2D eigenvalue weighted by Crippen LogP contribution is 2.13. The number of carbonyl (C=O) groups excluding carboxylic acids is 2. The summed E-state index contributed by atoms with van der Waals surface area (Å²) in [5, 5.41) is 0. The molecule has 0 N–H and O–H groups in total. The fraction of sp³-hybridized carbons (Fsp3) is 0.500. The number of esters is 2. The molecule has 0 radical (unpaired) electrons. The van der Waals surface area contributed by atoms with Crippen LogP contribution in [0.1, 0.15) is 43.0 Å². The van der Waals surface area contributed by atoms with E-state index in [0.29, 0.717) is 18.8 Å². The van der Waals surface area contributed by atoms with Crippen LogP contribution in [0.4, 0.5) is 0 Å². The molecule has 5 nitrogen and oxygen atoms in total. The smallest absolute Gasteiger partial charge is 0.337 e. The van der Waals surface area contributed by atoms with Crippen LogP contribution in [-0.2, 0) is 14.3 Å². The molecule has 0 amide bonds. The molecule has 0 aliphatic rings. The number of benzene rings is 1. The lowest BCUT2D eigenvalue weighted by molar-refractivity contribution is -0.141. The van der Waals surface area contributed by atoms with E-state index < -0.39 is 0 Å². The number of unbranched alkanes of at least 4 members (excludes halogenated alkanes) is 3. The SMILES string of the molecule is COC(=O)c1ccc(OCCCCCCOC(C)=O)cc1. The molecule has 0 bridgehead atoms. The van der Waals surface area contributed by atoms with Gasteiger partial charge in [-0.25, -0.2) is 4.79 Å². The van der Waals surface area contributed by atoms with Crippen molar-refractivity contribution in [1.29, 1.82) is 0 Å². The maximum absolute atomic E-state index is 11.3. The van der Waals surface area contributed by atoms with Crippen molar-refractivity contribution in [2.75, 3.05) is 20.3 Å². The van der Waals surface area contributed by atoms with E-state index in [1.165, 1.54) is 14.0 Å². The molecule has 0 aromatic heterocycles. The van der Waals surface area contributed by atoms with E-state index in [9.17, 15) is 9.59 Å². The van der Waals surface area contributed by atoms with Gasteiger partial charge in [-0.15, -0.1) is 0 Å². The number of methoxy groups -OCH3 is 1. The highest BCUT2D eigenvalue weighted by Gasteiger charge is 2.04. The Morgan fingerprint density at radius 2 is 1.57 bits per heavy atom. The zero-order valence-electron chi connectivity index (χ0n) is 12.6. The van der Waals surface area contributed by atoms with Gasteiger partial charge in [0.25, 0.3) is 0 Å². The maximum Gasteiger partial charge on any atom is 0.337 e. The van der Waals surface area contributed by atoms with E-state index in [4.69, 9.17) is 9.47 Å². The second-order valence-corrected chi connectivity index (χ2v) is 4.62. The van der Waals surface area contributed by atoms with Crippen molar-refractivity contribution in [2.24, 2.45) is 0 Å². The molecule has 0 saturated carbocycles. The molecule has 0 heterocycles. The van der Waals surface area contributed by atoms with Crippen LogP contribution in [-0.4, -0.2) is 32.3 Å². The van der Waals surface area contributed by atoms with E-state index >= 15 is 0 Å². The molecule has 21 heavy (non-hydrogen) atoms. The number of hydrogen-bond acceptors (Lipinski definition) is 5. The van der Waals surface area contributed by atoms with Crippen LogP contribution in [0, 0.1) is 0 Å². The predicted octanol–water partition coefficient (Wildman–Crippen LogP) is 2.98. The van der Waals surface area contributed by atoms with Gasteiger partial charge in [0.1, 0.15) is 5.75 Å². The standard InChI is InChI=1S/C16H22O5/c1-13(17)20-11-5-3-4-6-12-21-15-9-7-14(8-10-15)16(18)19-2/h7-10H,3-6,11-12H2,1-2H3. The largest absolute Gasteiger partial charge is 0.494 e. The average Bonchev–Trinajstić information content (AvgIpc) is 2.49. The minimum atomic E-state index is -0.352. The molecule has 116 valence electrons. The maximum atomic E-state index is 11.3. The minimum absolute atomic E-state index is 0.228. The van der Waals surface area contributed by atoms with Gasteiger partial charge in [0, 0.05) is 6.92 Å². The number of rotatable bonds is 9. The lowest BCUT2D eigenvalue weighted by Gasteiger charge is -2.07. The monoisotopic (exact) mass is 294 g/mol. The molecule has 0 atom stereocenters. The summed E-state index contributed by atoms with van der Waals surface area (Å²) in [4.78, 5) is 21.8. The van der Waals surface area contributed by atoms with Gasteiger partial charge in [0.05, 0.1) is 25.9 Å². The summed E-state index contributed by atoms with van der Waals surface area (Å²) in [5.74, 6) is 0.158. The second-order valence-electron chi connectivity index (χ2n) is 4.62. The lowest BCUT2D eigenvalue weighted by Crippen LogP contribution is -2.02. The summed E-state index contributed by atoms with van der Waals surface area (Å²) in [7, 11) is 1.36. The van der Waals surface area contributed by atoms with Crippen molar-refractivity contribution in [3.8, 4) is 5.75 Å². The van der Waals surface area contributed by atoms with Gasteiger partial charge < -0.3 is 14.2 Å². The molecule has 0 aliphatic heterocycles. The molecule has 0 fully saturated rings. The third kappa shape index (κ3) is 7.34. The van der Waals surface area contributed by atoms with Gasteiger partial charge in [0.2, 0.25) is 0 Å². The topological polar surface area (TPSA) is 61.8 Å². The van der Waals surface area contributed by atoms with Gasteiger partial charge in [-0.05, 0) is 49.9 Å². The Labute approximate surface area is 125 Å². The summed E-state index contributed by atoms with van der Waals surface area (Å²) in [6.45, 7) is 2.54. The fourth-order valence-corrected chi connectivity index (χ4v) is 1.77. The van der Waals surface area contributed by atoms with Gasteiger partial charge in [-0.2, -0.15) is 0 Å². The molecule has 0 spiro atoms. The molecule has 0 unspecified atom stereocenters. The predicted molar refractivity (Wildman–Crippen MR) is 78.4 cm³/mol. The van der Waals surface area contributed by atoms with Crippen molar-refractivity contribution >= 4 is 11.9 Å². The molecule has 1 aromatic rings. The third-order valence-corrected chi connectivity index (χ3v) is 2.89. The lowest BCUT2D eigenvalue weighted by atomic mass is 10.2. The average molecular weight is 294 g/mol. The van der Waals surface area contributed by atoms with E-state index in [0.717, 1.165) is 31.4 Å².